The molecule has 0 aromatic heterocycles. The number of rotatable bonds is 2. The van der Waals surface area contributed by atoms with Crippen LogP contribution in [0.2, 0.25) is 0 Å². The van der Waals surface area contributed by atoms with Gasteiger partial charge in [0.25, 0.3) is 5.79 Å². The molecule has 6 aliphatic rings. The third-order valence-electron chi connectivity index (χ3n) is 12.5. The first-order chi connectivity index (χ1) is 17.9. The van der Waals surface area contributed by atoms with E-state index in [0.717, 1.165) is 45.1 Å². The molecule has 6 rings (SSSR count). The summed E-state index contributed by atoms with van der Waals surface area (Å²) in [5.74, 6) is -0.882. The number of carbonyl (C=O) groups is 3. The van der Waals surface area contributed by atoms with Gasteiger partial charge in [0.1, 0.15) is 5.78 Å². The second kappa shape index (κ2) is 8.76. The fourth-order valence-corrected chi connectivity index (χ4v) is 10.9. The molecule has 7 heteroatoms. The maximum atomic E-state index is 13.9. The van der Waals surface area contributed by atoms with E-state index in [9.17, 15) is 14.4 Å². The lowest BCUT2D eigenvalue weighted by Crippen LogP contribution is -2.68. The second-order valence-electron chi connectivity index (χ2n) is 14.2. The first-order valence-electron chi connectivity index (χ1n) is 15.1. The average molecular weight is 531 g/mol. The van der Waals surface area contributed by atoms with Crippen molar-refractivity contribution in [2.75, 3.05) is 6.61 Å². The van der Waals surface area contributed by atoms with Crippen molar-refractivity contribution in [3.63, 3.8) is 0 Å². The predicted molar refractivity (Wildman–Crippen MR) is 138 cm³/mol. The van der Waals surface area contributed by atoms with Gasteiger partial charge in [-0.1, -0.05) is 27.7 Å². The first-order valence-corrected chi connectivity index (χ1v) is 15.1. The van der Waals surface area contributed by atoms with Crippen molar-refractivity contribution in [3.05, 3.63) is 0 Å². The van der Waals surface area contributed by atoms with Crippen LogP contribution in [0.3, 0.4) is 0 Å². The van der Waals surface area contributed by atoms with E-state index >= 15 is 0 Å². The Morgan fingerprint density at radius 3 is 2.29 bits per heavy atom. The summed E-state index contributed by atoms with van der Waals surface area (Å²) in [6, 6.07) is 0. The van der Waals surface area contributed by atoms with Crippen LogP contribution in [-0.4, -0.2) is 42.0 Å². The summed E-state index contributed by atoms with van der Waals surface area (Å²) >= 11 is 0. The van der Waals surface area contributed by atoms with Crippen LogP contribution >= 0.6 is 0 Å². The van der Waals surface area contributed by atoms with Crippen molar-refractivity contribution >= 4 is 17.7 Å². The lowest BCUT2D eigenvalue weighted by molar-refractivity contribution is -0.317. The highest BCUT2D eigenvalue weighted by Crippen LogP contribution is 2.72. The van der Waals surface area contributed by atoms with Crippen molar-refractivity contribution in [2.24, 2.45) is 52.3 Å². The normalized spacial score (nSPS) is 50.9. The maximum Gasteiger partial charge on any atom is 0.305 e. The SMILES string of the molecule is CC(=O)OC1(OC(C)=O)CCC[C@@H]2C(=O)C[C@H]3[C@@H]4C[C@@H]5O[C@]6(CCC(C)CO6)[C@@H](C)[C@@H]5[C@@]4(C)CC[C@@H]3[C@]21C. The van der Waals surface area contributed by atoms with Gasteiger partial charge in [-0.3, -0.25) is 14.4 Å². The molecule has 212 valence electrons. The predicted octanol–water partition coefficient (Wildman–Crippen LogP) is 5.43. The van der Waals surface area contributed by atoms with E-state index in [2.05, 4.69) is 27.7 Å². The van der Waals surface area contributed by atoms with Crippen molar-refractivity contribution in [2.45, 2.75) is 117 Å². The molecule has 38 heavy (non-hydrogen) atoms. The number of ketones is 1. The molecule has 0 amide bonds. The Morgan fingerprint density at radius 2 is 1.66 bits per heavy atom. The van der Waals surface area contributed by atoms with E-state index < -0.39 is 28.9 Å². The van der Waals surface area contributed by atoms with Gasteiger partial charge in [-0.05, 0) is 73.5 Å². The number of esters is 2. The van der Waals surface area contributed by atoms with Gasteiger partial charge >= 0.3 is 11.9 Å². The van der Waals surface area contributed by atoms with E-state index in [1.54, 1.807) is 0 Å². The van der Waals surface area contributed by atoms with Crippen LogP contribution in [0.1, 0.15) is 99.3 Å². The molecule has 0 N–H and O–H groups in total. The molecule has 0 aromatic carbocycles. The number of hydrogen-bond acceptors (Lipinski definition) is 7. The van der Waals surface area contributed by atoms with Crippen LogP contribution in [0.15, 0.2) is 0 Å². The van der Waals surface area contributed by atoms with Gasteiger partial charge in [0, 0.05) is 44.9 Å². The topological polar surface area (TPSA) is 88.1 Å². The van der Waals surface area contributed by atoms with Crippen molar-refractivity contribution in [3.8, 4) is 0 Å². The second-order valence-corrected chi connectivity index (χ2v) is 14.2. The largest absolute Gasteiger partial charge is 0.422 e. The average Bonchev–Trinajstić information content (AvgIpc) is 3.27. The zero-order valence-electron chi connectivity index (χ0n) is 24.0. The fraction of sp³-hybridized carbons (Fsp3) is 0.903. The first kappa shape index (κ1) is 26.7. The van der Waals surface area contributed by atoms with Gasteiger partial charge in [-0.25, -0.2) is 0 Å². The van der Waals surface area contributed by atoms with Gasteiger partial charge in [-0.15, -0.1) is 0 Å². The quantitative estimate of drug-likeness (QED) is 0.347. The van der Waals surface area contributed by atoms with Crippen molar-refractivity contribution in [1.29, 1.82) is 0 Å². The molecular weight excluding hydrogens is 484 g/mol. The van der Waals surface area contributed by atoms with E-state index in [0.29, 0.717) is 42.9 Å². The number of hydrogen-bond donors (Lipinski definition) is 0. The summed E-state index contributed by atoms with van der Waals surface area (Å²) in [5, 5.41) is 0. The maximum absolute atomic E-state index is 13.9. The number of ether oxygens (including phenoxy) is 4. The lowest BCUT2D eigenvalue weighted by atomic mass is 9.42. The molecule has 11 atom stereocenters. The molecule has 4 saturated carbocycles. The molecule has 0 aromatic rings. The molecule has 0 bridgehead atoms. The minimum absolute atomic E-state index is 0.0604. The van der Waals surface area contributed by atoms with Crippen LogP contribution in [0.5, 0.6) is 0 Å². The minimum atomic E-state index is -1.39. The Balaban J connectivity index is 1.35. The zero-order valence-corrected chi connectivity index (χ0v) is 24.0. The molecule has 4 aliphatic carbocycles. The molecule has 0 radical (unpaired) electrons. The Labute approximate surface area is 227 Å². The van der Waals surface area contributed by atoms with Crippen LogP contribution in [-0.2, 0) is 33.3 Å². The van der Waals surface area contributed by atoms with Crippen molar-refractivity contribution in [1.82, 2.24) is 0 Å². The summed E-state index contributed by atoms with van der Waals surface area (Å²) < 4.78 is 25.3. The third-order valence-corrected chi connectivity index (χ3v) is 12.5. The number of fused-ring (bicyclic) bond motifs is 7. The molecule has 2 aliphatic heterocycles. The summed E-state index contributed by atoms with van der Waals surface area (Å²) in [6.07, 6.45) is 7.61. The summed E-state index contributed by atoms with van der Waals surface area (Å²) in [6.45, 7) is 12.6. The number of carbonyl (C=O) groups excluding carboxylic acids is 3. The molecule has 1 spiro atoms. The summed E-state index contributed by atoms with van der Waals surface area (Å²) in [4.78, 5) is 38.7. The van der Waals surface area contributed by atoms with Gasteiger partial charge in [0.15, 0.2) is 5.79 Å². The highest BCUT2D eigenvalue weighted by molar-refractivity contribution is 5.84. The number of Topliss-reactive ketones (excluding diaryl/α,β-unsaturated/α-hetero) is 1. The van der Waals surface area contributed by atoms with Crippen LogP contribution < -0.4 is 0 Å². The van der Waals surface area contributed by atoms with Gasteiger partial charge in [0.2, 0.25) is 0 Å². The molecular formula is C31H46O7. The smallest absolute Gasteiger partial charge is 0.305 e. The van der Waals surface area contributed by atoms with Crippen LogP contribution in [0.25, 0.3) is 0 Å². The third kappa shape index (κ3) is 3.49. The molecule has 2 heterocycles. The van der Waals surface area contributed by atoms with Crippen LogP contribution in [0, 0.1) is 52.3 Å². The van der Waals surface area contributed by atoms with Gasteiger partial charge < -0.3 is 18.9 Å². The standard InChI is InChI=1S/C31H46O7/c1-17-9-13-30(35-16-17)18(2)27-26(38-30)15-24-21-14-25(34)23-8-7-11-31(36-19(3)32,37-20(4)33)29(23,6)22(21)10-12-28(24,27)5/h17-18,21-24,26-27H,7-16H2,1-6H3/t17?,18-,21+,22-,23+,24-,26-,27-,28-,29+,30+/m0/s1. The molecule has 7 nitrogen and oxygen atoms in total. The van der Waals surface area contributed by atoms with E-state index in [-0.39, 0.29) is 35.1 Å². The Morgan fingerprint density at radius 1 is 0.947 bits per heavy atom. The summed E-state index contributed by atoms with van der Waals surface area (Å²) in [5.41, 5.74) is -0.678. The minimum Gasteiger partial charge on any atom is -0.422 e. The molecule has 2 saturated heterocycles. The van der Waals surface area contributed by atoms with E-state index in [4.69, 9.17) is 18.9 Å². The highest BCUT2D eigenvalue weighted by Gasteiger charge is 2.74. The Hall–Kier alpha value is -1.47. The lowest BCUT2D eigenvalue weighted by Gasteiger charge is -2.64. The molecule has 6 fully saturated rings. The fourth-order valence-electron chi connectivity index (χ4n) is 10.9. The van der Waals surface area contributed by atoms with Gasteiger partial charge in [-0.2, -0.15) is 0 Å². The zero-order chi connectivity index (χ0) is 27.3. The van der Waals surface area contributed by atoms with Crippen molar-refractivity contribution < 1.29 is 33.3 Å². The molecule has 1 unspecified atom stereocenters. The highest BCUT2D eigenvalue weighted by atomic mass is 16.7. The Bertz CT molecular complexity index is 998. The summed E-state index contributed by atoms with van der Waals surface area (Å²) in [7, 11) is 0. The Kier molecular flexibility index (Phi) is 6.17. The van der Waals surface area contributed by atoms with E-state index in [1.807, 2.05) is 0 Å². The monoisotopic (exact) mass is 530 g/mol. The van der Waals surface area contributed by atoms with Crippen LogP contribution in [0.4, 0.5) is 0 Å². The van der Waals surface area contributed by atoms with E-state index in [1.165, 1.54) is 13.8 Å². The van der Waals surface area contributed by atoms with Gasteiger partial charge in [0.05, 0.1) is 18.1 Å².